The Balaban J connectivity index is 0.00000225. The van der Waals surface area contributed by atoms with Crippen LogP contribution in [0.15, 0.2) is 28.8 Å². The fourth-order valence-corrected chi connectivity index (χ4v) is 2.99. The fraction of sp³-hybridized carbons (Fsp3) is 0.471. The summed E-state index contributed by atoms with van der Waals surface area (Å²) in [5.74, 6) is 1.50. The summed E-state index contributed by atoms with van der Waals surface area (Å²) in [6.07, 6.45) is 2.56. The van der Waals surface area contributed by atoms with Crippen molar-refractivity contribution in [1.29, 1.82) is 0 Å². The average Bonchev–Trinajstić information content (AvgIpc) is 3.24. The van der Waals surface area contributed by atoms with Crippen LogP contribution >= 0.6 is 12.4 Å². The van der Waals surface area contributed by atoms with Crippen LogP contribution in [0.2, 0.25) is 0 Å². The number of aryl methyl sites for hydroxylation is 1. The van der Waals surface area contributed by atoms with Crippen LogP contribution in [0.3, 0.4) is 0 Å². The second-order valence-corrected chi connectivity index (χ2v) is 5.91. The minimum atomic E-state index is -0.507. The number of benzene rings is 1. The SMILES string of the molecule is COc1ccccc1C(NC(=O)CC1CCCN1)c1noc(C)n1.Cl. The highest BCUT2D eigenvalue weighted by Gasteiger charge is 2.26. The molecule has 1 aromatic carbocycles. The molecule has 2 N–H and O–H groups in total. The minimum Gasteiger partial charge on any atom is -0.496 e. The van der Waals surface area contributed by atoms with Crippen LogP contribution in [0.1, 0.15) is 42.6 Å². The van der Waals surface area contributed by atoms with Gasteiger partial charge in [-0.1, -0.05) is 23.4 Å². The van der Waals surface area contributed by atoms with E-state index in [0.717, 1.165) is 24.9 Å². The van der Waals surface area contributed by atoms with Gasteiger partial charge < -0.3 is 19.9 Å². The molecule has 136 valence electrons. The van der Waals surface area contributed by atoms with Crippen LogP contribution in [0.5, 0.6) is 5.75 Å². The number of para-hydroxylation sites is 1. The lowest BCUT2D eigenvalue weighted by Gasteiger charge is -2.19. The van der Waals surface area contributed by atoms with E-state index >= 15 is 0 Å². The summed E-state index contributed by atoms with van der Waals surface area (Å²) < 4.78 is 10.5. The predicted octanol–water partition coefficient (Wildman–Crippen LogP) is 2.16. The van der Waals surface area contributed by atoms with Gasteiger partial charge in [0.05, 0.1) is 7.11 Å². The van der Waals surface area contributed by atoms with Gasteiger partial charge in [0.1, 0.15) is 11.8 Å². The first-order chi connectivity index (χ1) is 11.7. The van der Waals surface area contributed by atoms with Crippen LogP contribution in [0.25, 0.3) is 0 Å². The number of methoxy groups -OCH3 is 1. The monoisotopic (exact) mass is 366 g/mol. The second-order valence-electron chi connectivity index (χ2n) is 5.91. The number of rotatable bonds is 6. The van der Waals surface area contributed by atoms with Gasteiger partial charge in [0, 0.05) is 24.9 Å². The van der Waals surface area contributed by atoms with Gasteiger partial charge in [0.25, 0.3) is 0 Å². The van der Waals surface area contributed by atoms with Gasteiger partial charge in [-0.25, -0.2) is 0 Å². The molecular formula is C17H23ClN4O3. The van der Waals surface area contributed by atoms with E-state index in [1.807, 2.05) is 24.3 Å². The van der Waals surface area contributed by atoms with Crippen molar-refractivity contribution < 1.29 is 14.1 Å². The third kappa shape index (κ3) is 4.70. The number of hydrogen-bond acceptors (Lipinski definition) is 6. The molecule has 7 nitrogen and oxygen atoms in total. The summed E-state index contributed by atoms with van der Waals surface area (Å²) >= 11 is 0. The van der Waals surface area contributed by atoms with Gasteiger partial charge in [-0.3, -0.25) is 4.79 Å². The van der Waals surface area contributed by atoms with Gasteiger partial charge >= 0.3 is 0 Å². The minimum absolute atomic E-state index is 0. The molecule has 2 aromatic rings. The van der Waals surface area contributed by atoms with E-state index in [-0.39, 0.29) is 24.4 Å². The molecule has 25 heavy (non-hydrogen) atoms. The number of amides is 1. The van der Waals surface area contributed by atoms with Crippen LogP contribution in [-0.4, -0.2) is 35.7 Å². The quantitative estimate of drug-likeness (QED) is 0.814. The van der Waals surface area contributed by atoms with E-state index in [1.165, 1.54) is 0 Å². The maximum absolute atomic E-state index is 12.5. The first kappa shape index (κ1) is 19.2. The fourth-order valence-electron chi connectivity index (χ4n) is 2.99. The maximum atomic E-state index is 12.5. The lowest BCUT2D eigenvalue weighted by molar-refractivity contribution is -0.122. The summed E-state index contributed by atoms with van der Waals surface area (Å²) in [5.41, 5.74) is 0.800. The standard InChI is InChI=1S/C17H22N4O3.ClH/c1-11-19-17(21-24-11)16(13-7-3-4-8-14(13)23-2)20-15(22)10-12-6-5-9-18-12;/h3-4,7-8,12,16,18H,5-6,9-10H2,1-2H3,(H,20,22);1H. The third-order valence-corrected chi connectivity index (χ3v) is 4.15. The summed E-state index contributed by atoms with van der Waals surface area (Å²) in [7, 11) is 1.60. The summed E-state index contributed by atoms with van der Waals surface area (Å²) in [4.78, 5) is 16.8. The van der Waals surface area contributed by atoms with E-state index in [0.29, 0.717) is 23.9 Å². The number of nitrogens with one attached hydrogen (secondary N) is 2. The lowest BCUT2D eigenvalue weighted by atomic mass is 10.0. The van der Waals surface area contributed by atoms with E-state index in [4.69, 9.17) is 9.26 Å². The highest BCUT2D eigenvalue weighted by atomic mass is 35.5. The molecule has 0 aliphatic carbocycles. The number of ether oxygens (including phenoxy) is 1. The second kappa shape index (κ2) is 8.82. The van der Waals surface area contributed by atoms with E-state index < -0.39 is 6.04 Å². The topological polar surface area (TPSA) is 89.3 Å². The average molecular weight is 367 g/mol. The molecule has 8 heteroatoms. The lowest BCUT2D eigenvalue weighted by Crippen LogP contribution is -2.35. The molecule has 1 aliphatic heterocycles. The molecule has 0 saturated carbocycles. The Morgan fingerprint density at radius 3 is 2.92 bits per heavy atom. The highest BCUT2D eigenvalue weighted by molar-refractivity contribution is 5.85. The van der Waals surface area contributed by atoms with Crippen molar-refractivity contribution in [3.63, 3.8) is 0 Å². The summed E-state index contributed by atoms with van der Waals surface area (Å²) in [5, 5.41) is 10.3. The number of nitrogens with zero attached hydrogens (tertiary/aromatic N) is 2. The molecule has 1 aliphatic rings. The Bertz CT molecular complexity index is 701. The third-order valence-electron chi connectivity index (χ3n) is 4.15. The summed E-state index contributed by atoms with van der Waals surface area (Å²) in [6, 6.07) is 7.24. The summed E-state index contributed by atoms with van der Waals surface area (Å²) in [6.45, 7) is 2.69. The van der Waals surface area contributed by atoms with Crippen LogP contribution in [0.4, 0.5) is 0 Å². The van der Waals surface area contributed by atoms with E-state index in [9.17, 15) is 4.79 Å². The Morgan fingerprint density at radius 2 is 2.28 bits per heavy atom. The predicted molar refractivity (Wildman–Crippen MR) is 94.9 cm³/mol. The first-order valence-electron chi connectivity index (χ1n) is 8.13. The van der Waals surface area contributed by atoms with Crippen LogP contribution in [0, 0.1) is 6.92 Å². The van der Waals surface area contributed by atoms with Crippen molar-refractivity contribution >= 4 is 18.3 Å². The number of carbonyl (C=O) groups excluding carboxylic acids is 1. The van der Waals surface area contributed by atoms with Crippen molar-refractivity contribution in [3.05, 3.63) is 41.5 Å². The first-order valence-corrected chi connectivity index (χ1v) is 8.13. The van der Waals surface area contributed by atoms with Crippen LogP contribution < -0.4 is 15.4 Å². The molecule has 1 saturated heterocycles. The zero-order chi connectivity index (χ0) is 16.9. The molecule has 0 bridgehead atoms. The maximum Gasteiger partial charge on any atom is 0.223 e. The smallest absolute Gasteiger partial charge is 0.223 e. The van der Waals surface area contributed by atoms with Crippen LogP contribution in [-0.2, 0) is 4.79 Å². The van der Waals surface area contributed by atoms with Crippen molar-refractivity contribution in [2.75, 3.05) is 13.7 Å². The zero-order valence-electron chi connectivity index (χ0n) is 14.3. The molecule has 3 rings (SSSR count). The Hall–Kier alpha value is -2.12. The molecule has 1 fully saturated rings. The normalized spacial score (nSPS) is 17.6. The highest BCUT2D eigenvalue weighted by Crippen LogP contribution is 2.28. The number of aromatic nitrogens is 2. The van der Waals surface area contributed by atoms with Gasteiger partial charge in [-0.2, -0.15) is 4.98 Å². The van der Waals surface area contributed by atoms with Gasteiger partial charge in [-0.15, -0.1) is 12.4 Å². The van der Waals surface area contributed by atoms with Crippen molar-refractivity contribution in [2.24, 2.45) is 0 Å². The molecule has 2 unspecified atom stereocenters. The molecule has 1 aromatic heterocycles. The number of halogens is 1. The van der Waals surface area contributed by atoms with Crippen molar-refractivity contribution in [2.45, 2.75) is 38.3 Å². The van der Waals surface area contributed by atoms with Gasteiger partial charge in [0.15, 0.2) is 5.82 Å². The van der Waals surface area contributed by atoms with Gasteiger partial charge in [0.2, 0.25) is 11.8 Å². The molecular weight excluding hydrogens is 344 g/mol. The molecule has 1 amide bonds. The van der Waals surface area contributed by atoms with Crippen molar-refractivity contribution in [3.8, 4) is 5.75 Å². The largest absolute Gasteiger partial charge is 0.496 e. The molecule has 0 spiro atoms. The Morgan fingerprint density at radius 1 is 1.48 bits per heavy atom. The Labute approximate surface area is 152 Å². The number of carbonyl (C=O) groups is 1. The molecule has 2 heterocycles. The Kier molecular flexibility index (Phi) is 6.78. The zero-order valence-corrected chi connectivity index (χ0v) is 15.1. The van der Waals surface area contributed by atoms with Crippen molar-refractivity contribution in [1.82, 2.24) is 20.8 Å². The molecule has 2 atom stereocenters. The number of hydrogen-bond donors (Lipinski definition) is 2. The van der Waals surface area contributed by atoms with Gasteiger partial charge in [-0.05, 0) is 25.5 Å². The van der Waals surface area contributed by atoms with E-state index in [1.54, 1.807) is 14.0 Å². The molecule has 0 radical (unpaired) electrons. The van der Waals surface area contributed by atoms with E-state index in [2.05, 4.69) is 20.8 Å².